The number of imidazole rings is 2. The van der Waals surface area contributed by atoms with E-state index in [2.05, 4.69) is 77.2 Å². The van der Waals surface area contributed by atoms with Gasteiger partial charge in [-0.3, -0.25) is 14.6 Å². The Morgan fingerprint density at radius 3 is 2.04 bits per heavy atom. The number of unbranched alkanes of at least 4 members (excludes halogenated alkanes) is 1. The van der Waals surface area contributed by atoms with Crippen LogP contribution >= 0.6 is 0 Å². The van der Waals surface area contributed by atoms with Gasteiger partial charge in [0.2, 0.25) is 6.79 Å². The fourth-order valence-electron chi connectivity index (χ4n) is 5.21. The molecule has 12 nitrogen and oxygen atoms in total. The molecule has 2 aromatic heterocycles. The van der Waals surface area contributed by atoms with Gasteiger partial charge in [-0.2, -0.15) is 0 Å². The third kappa shape index (κ3) is 13.8. The lowest BCUT2D eigenvalue weighted by Gasteiger charge is -2.24. The minimum Gasteiger partial charge on any atom is -0.438 e. The van der Waals surface area contributed by atoms with E-state index >= 15 is 0 Å². The van der Waals surface area contributed by atoms with E-state index in [1.165, 1.54) is 18.2 Å². The molecule has 0 amide bonds. The fraction of sp³-hybridized carbons (Fsp3) is 0.576. The lowest BCUT2D eigenvalue weighted by atomic mass is 10.1. The number of H-pyrrole nitrogens is 1. The molecule has 0 aliphatic carbocycles. The number of nitrogens with zero attached hydrogens (tertiary/aromatic N) is 6. The molecule has 2 heterocycles. The van der Waals surface area contributed by atoms with Crippen molar-refractivity contribution in [1.29, 1.82) is 0 Å². The van der Waals surface area contributed by atoms with Crippen molar-refractivity contribution in [3.63, 3.8) is 0 Å². The zero-order valence-corrected chi connectivity index (χ0v) is 27.4. The van der Waals surface area contributed by atoms with Crippen LogP contribution in [0.2, 0.25) is 0 Å². The standard InChI is InChI=1S/C33H51N7O5/c1-5-17-38(18-6-2)19-7-8-20-39(21-13-32(41)44-27-45-33(42)43-4)23-28-9-11-29(12-10-28)24-40(25-30-34-14-15-35-30)26-31-36-16-22-37(31)3/h9-12,14-16,22H,5-8,13,17-21,23-27H2,1-4H3,(H,34,35). The Morgan fingerprint density at radius 2 is 1.47 bits per heavy atom. The lowest BCUT2D eigenvalue weighted by molar-refractivity contribution is -0.153. The zero-order chi connectivity index (χ0) is 32.3. The Kier molecular flexibility index (Phi) is 16.1. The molecule has 1 aromatic carbocycles. The van der Waals surface area contributed by atoms with Gasteiger partial charge >= 0.3 is 12.1 Å². The van der Waals surface area contributed by atoms with Gasteiger partial charge in [0.25, 0.3) is 0 Å². The van der Waals surface area contributed by atoms with Crippen LogP contribution in [0.15, 0.2) is 49.1 Å². The molecular weight excluding hydrogens is 574 g/mol. The molecule has 0 bridgehead atoms. The second-order valence-corrected chi connectivity index (χ2v) is 11.3. The number of hydrogen-bond donors (Lipinski definition) is 1. The van der Waals surface area contributed by atoms with Crippen LogP contribution in [0.25, 0.3) is 0 Å². The first-order chi connectivity index (χ1) is 21.9. The number of benzene rings is 1. The van der Waals surface area contributed by atoms with E-state index in [0.29, 0.717) is 19.6 Å². The molecule has 0 radical (unpaired) electrons. The van der Waals surface area contributed by atoms with Gasteiger partial charge in [-0.05, 0) is 63.0 Å². The topological polar surface area (TPSA) is 118 Å². The molecule has 3 rings (SSSR count). The van der Waals surface area contributed by atoms with Crippen LogP contribution in [0.4, 0.5) is 4.79 Å². The zero-order valence-electron chi connectivity index (χ0n) is 27.4. The van der Waals surface area contributed by atoms with Gasteiger partial charge < -0.3 is 28.7 Å². The largest absolute Gasteiger partial charge is 0.510 e. The van der Waals surface area contributed by atoms with Crippen LogP contribution < -0.4 is 0 Å². The molecule has 45 heavy (non-hydrogen) atoms. The van der Waals surface area contributed by atoms with Crippen LogP contribution in [0, 0.1) is 0 Å². The van der Waals surface area contributed by atoms with E-state index < -0.39 is 18.9 Å². The molecule has 0 saturated carbocycles. The number of rotatable bonds is 22. The highest BCUT2D eigenvalue weighted by Crippen LogP contribution is 2.15. The first kappa shape index (κ1) is 35.7. The molecular formula is C33H51N7O5. The number of ether oxygens (including phenoxy) is 3. The molecule has 0 fully saturated rings. The molecule has 0 atom stereocenters. The quantitative estimate of drug-likeness (QED) is 0.0955. The van der Waals surface area contributed by atoms with Crippen LogP contribution in [-0.4, -0.2) is 93.0 Å². The molecule has 0 aliphatic rings. The van der Waals surface area contributed by atoms with Gasteiger partial charge in [-0.1, -0.05) is 38.1 Å². The van der Waals surface area contributed by atoms with Gasteiger partial charge in [-0.15, -0.1) is 0 Å². The summed E-state index contributed by atoms with van der Waals surface area (Å²) in [5.41, 5.74) is 2.38. The lowest BCUT2D eigenvalue weighted by Crippen LogP contribution is -2.30. The molecule has 0 aliphatic heterocycles. The average molecular weight is 626 g/mol. The monoisotopic (exact) mass is 625 g/mol. The number of aryl methyl sites for hydroxylation is 1. The Labute approximate surface area is 267 Å². The highest BCUT2D eigenvalue weighted by molar-refractivity contribution is 5.69. The predicted molar refractivity (Wildman–Crippen MR) is 172 cm³/mol. The van der Waals surface area contributed by atoms with Crippen molar-refractivity contribution in [2.75, 3.05) is 46.6 Å². The normalized spacial score (nSPS) is 11.4. The molecule has 0 unspecified atom stereocenters. The number of aromatic amines is 1. The minimum absolute atomic E-state index is 0.204. The van der Waals surface area contributed by atoms with E-state index in [1.807, 2.05) is 30.2 Å². The van der Waals surface area contributed by atoms with Crippen molar-refractivity contribution in [2.24, 2.45) is 7.05 Å². The average Bonchev–Trinajstić information content (AvgIpc) is 3.70. The highest BCUT2D eigenvalue weighted by atomic mass is 16.8. The number of nitrogens with one attached hydrogen (secondary N) is 1. The summed E-state index contributed by atoms with van der Waals surface area (Å²) in [6.45, 7) is 11.6. The van der Waals surface area contributed by atoms with Crippen LogP contribution in [0.5, 0.6) is 0 Å². The number of aromatic nitrogens is 4. The number of esters is 1. The van der Waals surface area contributed by atoms with Crippen molar-refractivity contribution >= 4 is 12.1 Å². The molecule has 0 spiro atoms. The second-order valence-electron chi connectivity index (χ2n) is 11.3. The van der Waals surface area contributed by atoms with Gasteiger partial charge in [0.1, 0.15) is 11.6 Å². The summed E-state index contributed by atoms with van der Waals surface area (Å²) in [7, 11) is 3.22. The minimum atomic E-state index is -0.881. The Bertz CT molecular complexity index is 1230. The van der Waals surface area contributed by atoms with Gasteiger partial charge in [0, 0.05) is 51.5 Å². The SMILES string of the molecule is CCCN(CCC)CCCCN(CCC(=O)OCOC(=O)OC)Cc1ccc(CN(Cc2ncc[nH]2)Cc2nccn2C)cc1. The second kappa shape index (κ2) is 20.3. The smallest absolute Gasteiger partial charge is 0.438 e. The summed E-state index contributed by atoms with van der Waals surface area (Å²) in [6, 6.07) is 8.68. The first-order valence-corrected chi connectivity index (χ1v) is 16.0. The van der Waals surface area contributed by atoms with Gasteiger partial charge in [0.15, 0.2) is 0 Å². The van der Waals surface area contributed by atoms with Gasteiger partial charge in [-0.25, -0.2) is 14.8 Å². The maximum atomic E-state index is 12.3. The highest BCUT2D eigenvalue weighted by Gasteiger charge is 2.14. The molecule has 12 heteroatoms. The number of carbonyl (C=O) groups is 2. The first-order valence-electron chi connectivity index (χ1n) is 16.0. The third-order valence-electron chi connectivity index (χ3n) is 7.52. The van der Waals surface area contributed by atoms with Crippen molar-refractivity contribution in [3.05, 3.63) is 71.8 Å². The maximum absolute atomic E-state index is 12.3. The van der Waals surface area contributed by atoms with Crippen LogP contribution in [-0.2, 0) is 52.2 Å². The summed E-state index contributed by atoms with van der Waals surface area (Å²) in [4.78, 5) is 42.7. The van der Waals surface area contributed by atoms with Crippen molar-refractivity contribution < 1.29 is 23.8 Å². The van der Waals surface area contributed by atoms with E-state index in [9.17, 15) is 9.59 Å². The van der Waals surface area contributed by atoms with Crippen molar-refractivity contribution in [3.8, 4) is 0 Å². The van der Waals surface area contributed by atoms with E-state index in [0.717, 1.165) is 76.6 Å². The van der Waals surface area contributed by atoms with Crippen LogP contribution in [0.3, 0.4) is 0 Å². The Morgan fingerprint density at radius 1 is 0.800 bits per heavy atom. The van der Waals surface area contributed by atoms with Crippen LogP contribution in [0.1, 0.15) is 68.7 Å². The summed E-state index contributed by atoms with van der Waals surface area (Å²) in [5.74, 6) is 1.50. The summed E-state index contributed by atoms with van der Waals surface area (Å²) < 4.78 is 16.2. The number of methoxy groups -OCH3 is 1. The molecule has 3 aromatic rings. The predicted octanol–water partition coefficient (Wildman–Crippen LogP) is 4.72. The number of carbonyl (C=O) groups excluding carboxylic acids is 2. The maximum Gasteiger partial charge on any atom is 0.510 e. The van der Waals surface area contributed by atoms with E-state index in [4.69, 9.17) is 4.74 Å². The molecule has 1 N–H and O–H groups in total. The van der Waals surface area contributed by atoms with E-state index in [-0.39, 0.29) is 6.42 Å². The van der Waals surface area contributed by atoms with Crippen molar-refractivity contribution in [1.82, 2.24) is 34.2 Å². The number of hydrogen-bond acceptors (Lipinski definition) is 10. The molecule has 248 valence electrons. The molecule has 0 saturated heterocycles. The fourth-order valence-corrected chi connectivity index (χ4v) is 5.21. The Hall–Kier alpha value is -3.74. The third-order valence-corrected chi connectivity index (χ3v) is 7.52. The summed E-state index contributed by atoms with van der Waals surface area (Å²) >= 11 is 0. The van der Waals surface area contributed by atoms with Gasteiger partial charge in [0.05, 0.1) is 26.6 Å². The van der Waals surface area contributed by atoms with Crippen molar-refractivity contribution in [2.45, 2.75) is 72.1 Å². The summed E-state index contributed by atoms with van der Waals surface area (Å²) in [5, 5.41) is 0. The summed E-state index contributed by atoms with van der Waals surface area (Å²) in [6.07, 6.45) is 11.2. The van der Waals surface area contributed by atoms with E-state index in [1.54, 1.807) is 6.20 Å². The Balaban J connectivity index is 1.58.